The molecular formula is C14H15N3O2S. The Balaban J connectivity index is 1.87. The van der Waals surface area contributed by atoms with Crippen LogP contribution in [-0.2, 0) is 17.8 Å². The van der Waals surface area contributed by atoms with Gasteiger partial charge in [0.25, 0.3) is 5.56 Å². The van der Waals surface area contributed by atoms with Crippen LogP contribution in [0.25, 0.3) is 10.2 Å². The van der Waals surface area contributed by atoms with Gasteiger partial charge in [0, 0.05) is 24.4 Å². The van der Waals surface area contributed by atoms with Crippen LogP contribution in [0, 0.1) is 0 Å². The molecular weight excluding hydrogens is 274 g/mol. The first-order chi connectivity index (χ1) is 9.65. The molecule has 3 heterocycles. The second-order valence-corrected chi connectivity index (χ2v) is 6.65. The van der Waals surface area contributed by atoms with E-state index >= 15 is 0 Å². The molecule has 0 aromatic carbocycles. The number of aromatic nitrogens is 2. The summed E-state index contributed by atoms with van der Waals surface area (Å²) in [6, 6.07) is 0.354. The molecule has 0 spiro atoms. The first kappa shape index (κ1) is 12.1. The predicted molar refractivity (Wildman–Crippen MR) is 76.9 cm³/mol. The van der Waals surface area contributed by atoms with Gasteiger partial charge >= 0.3 is 0 Å². The highest BCUT2D eigenvalue weighted by molar-refractivity contribution is 7.18. The lowest BCUT2D eigenvalue weighted by Gasteiger charge is -2.25. The number of hydrogen-bond acceptors (Lipinski definition) is 4. The molecule has 0 radical (unpaired) electrons. The number of carbonyl (C=O) groups excluding carboxylic acids is 1. The normalized spacial score (nSPS) is 18.4. The van der Waals surface area contributed by atoms with E-state index in [1.165, 1.54) is 0 Å². The fraction of sp³-hybridized carbons (Fsp3) is 0.500. The molecule has 0 bridgehead atoms. The second-order valence-electron chi connectivity index (χ2n) is 5.56. The van der Waals surface area contributed by atoms with Crippen LogP contribution in [0.3, 0.4) is 0 Å². The van der Waals surface area contributed by atoms with Gasteiger partial charge in [-0.3, -0.25) is 14.2 Å². The van der Waals surface area contributed by atoms with Crippen molar-refractivity contribution in [1.29, 1.82) is 0 Å². The van der Waals surface area contributed by atoms with Gasteiger partial charge in [0.15, 0.2) is 0 Å². The Bertz CT molecular complexity index is 773. The summed E-state index contributed by atoms with van der Waals surface area (Å²) >= 11 is 1.56. The van der Waals surface area contributed by atoms with Crippen LogP contribution in [0.15, 0.2) is 11.1 Å². The van der Waals surface area contributed by atoms with Crippen molar-refractivity contribution < 1.29 is 4.79 Å². The molecule has 1 fully saturated rings. The average Bonchev–Trinajstić information content (AvgIpc) is 3.18. The van der Waals surface area contributed by atoms with Crippen molar-refractivity contribution in [3.05, 3.63) is 27.1 Å². The summed E-state index contributed by atoms with van der Waals surface area (Å²) < 4.78 is 1.78. The van der Waals surface area contributed by atoms with E-state index in [9.17, 15) is 9.59 Å². The summed E-state index contributed by atoms with van der Waals surface area (Å²) in [5.41, 5.74) is 1.22. The van der Waals surface area contributed by atoms with Crippen LogP contribution >= 0.6 is 11.3 Å². The number of amides is 1. The van der Waals surface area contributed by atoms with Gasteiger partial charge in [0.2, 0.25) is 5.91 Å². The molecule has 0 N–H and O–H groups in total. The van der Waals surface area contributed by atoms with E-state index in [4.69, 9.17) is 0 Å². The minimum atomic E-state index is 0.0939. The van der Waals surface area contributed by atoms with Gasteiger partial charge < -0.3 is 4.90 Å². The number of fused-ring (bicyclic) bond motifs is 3. The summed E-state index contributed by atoms with van der Waals surface area (Å²) in [7, 11) is 0. The molecule has 6 heteroatoms. The van der Waals surface area contributed by atoms with E-state index in [2.05, 4.69) is 4.98 Å². The molecule has 2 aliphatic rings. The Morgan fingerprint density at radius 1 is 1.45 bits per heavy atom. The molecule has 1 amide bonds. The van der Waals surface area contributed by atoms with Crippen LogP contribution in [0.1, 0.15) is 36.2 Å². The third kappa shape index (κ3) is 1.71. The summed E-state index contributed by atoms with van der Waals surface area (Å²) in [4.78, 5) is 32.3. The number of hydrogen-bond donors (Lipinski definition) is 0. The van der Waals surface area contributed by atoms with Gasteiger partial charge in [-0.25, -0.2) is 4.98 Å². The Hall–Kier alpha value is -1.69. The van der Waals surface area contributed by atoms with Gasteiger partial charge in [-0.15, -0.1) is 11.3 Å². The number of rotatable bonds is 1. The van der Waals surface area contributed by atoms with E-state index in [1.54, 1.807) is 29.2 Å². The number of thiophene rings is 1. The van der Waals surface area contributed by atoms with Crippen LogP contribution in [0.2, 0.25) is 0 Å². The molecule has 4 rings (SSSR count). The largest absolute Gasteiger partial charge is 0.337 e. The van der Waals surface area contributed by atoms with Crippen LogP contribution in [0.4, 0.5) is 0 Å². The fourth-order valence-corrected chi connectivity index (χ4v) is 4.07. The molecule has 1 aliphatic heterocycles. The highest BCUT2D eigenvalue weighted by Crippen LogP contribution is 2.36. The summed E-state index contributed by atoms with van der Waals surface area (Å²) in [5, 5.41) is 0.794. The lowest BCUT2D eigenvalue weighted by atomic mass is 10.1. The van der Waals surface area contributed by atoms with Gasteiger partial charge in [0.1, 0.15) is 4.83 Å². The SMILES string of the molecule is CC(=O)N1CCc2c(sc3ncn(C4CC4)c(=O)c23)C1. The van der Waals surface area contributed by atoms with E-state index in [1.807, 2.05) is 4.90 Å². The van der Waals surface area contributed by atoms with Crippen molar-refractivity contribution in [3.63, 3.8) is 0 Å². The van der Waals surface area contributed by atoms with Crippen molar-refractivity contribution in [3.8, 4) is 0 Å². The minimum Gasteiger partial charge on any atom is -0.337 e. The van der Waals surface area contributed by atoms with Gasteiger partial charge in [-0.05, 0) is 24.8 Å². The maximum Gasteiger partial charge on any atom is 0.262 e. The maximum atomic E-state index is 12.6. The van der Waals surface area contributed by atoms with E-state index in [0.29, 0.717) is 19.1 Å². The van der Waals surface area contributed by atoms with Crippen molar-refractivity contribution in [2.24, 2.45) is 0 Å². The summed E-state index contributed by atoms with van der Waals surface area (Å²) in [5.74, 6) is 0.0939. The smallest absolute Gasteiger partial charge is 0.262 e. The molecule has 1 saturated carbocycles. The number of nitrogens with zero attached hydrogens (tertiary/aromatic N) is 3. The Morgan fingerprint density at radius 2 is 2.25 bits per heavy atom. The lowest BCUT2D eigenvalue weighted by molar-refractivity contribution is -0.129. The molecule has 5 nitrogen and oxygen atoms in total. The van der Waals surface area contributed by atoms with E-state index < -0.39 is 0 Å². The Morgan fingerprint density at radius 3 is 2.95 bits per heavy atom. The molecule has 20 heavy (non-hydrogen) atoms. The quantitative estimate of drug-likeness (QED) is 0.803. The zero-order valence-corrected chi connectivity index (χ0v) is 12.1. The highest BCUT2D eigenvalue weighted by atomic mass is 32.1. The molecule has 0 atom stereocenters. The van der Waals surface area contributed by atoms with E-state index in [-0.39, 0.29) is 11.5 Å². The summed E-state index contributed by atoms with van der Waals surface area (Å²) in [6.07, 6.45) is 4.61. The van der Waals surface area contributed by atoms with Crippen molar-refractivity contribution in [1.82, 2.24) is 14.5 Å². The molecule has 0 saturated heterocycles. The first-order valence-corrected chi connectivity index (χ1v) is 7.73. The van der Waals surface area contributed by atoms with Gasteiger partial charge in [0.05, 0.1) is 18.3 Å². The third-order valence-electron chi connectivity index (χ3n) is 4.17. The zero-order chi connectivity index (χ0) is 13.9. The topological polar surface area (TPSA) is 55.2 Å². The molecule has 2 aromatic rings. The summed E-state index contributed by atoms with van der Waals surface area (Å²) in [6.45, 7) is 2.91. The number of carbonyl (C=O) groups is 1. The average molecular weight is 289 g/mol. The molecule has 1 aliphatic carbocycles. The van der Waals surface area contributed by atoms with Crippen LogP contribution in [0.5, 0.6) is 0 Å². The highest BCUT2D eigenvalue weighted by Gasteiger charge is 2.29. The van der Waals surface area contributed by atoms with Crippen molar-refractivity contribution >= 4 is 27.5 Å². The lowest BCUT2D eigenvalue weighted by Crippen LogP contribution is -2.33. The van der Waals surface area contributed by atoms with Gasteiger partial charge in [-0.2, -0.15) is 0 Å². The van der Waals surface area contributed by atoms with Crippen LogP contribution in [-0.4, -0.2) is 26.9 Å². The molecule has 104 valence electrons. The van der Waals surface area contributed by atoms with Crippen molar-refractivity contribution in [2.75, 3.05) is 6.54 Å². The fourth-order valence-electron chi connectivity index (χ4n) is 2.88. The second kappa shape index (κ2) is 4.15. The third-order valence-corrected chi connectivity index (χ3v) is 5.30. The maximum absolute atomic E-state index is 12.6. The monoisotopic (exact) mass is 289 g/mol. The van der Waals surface area contributed by atoms with E-state index in [0.717, 1.165) is 39.9 Å². The van der Waals surface area contributed by atoms with Crippen LogP contribution < -0.4 is 5.56 Å². The first-order valence-electron chi connectivity index (χ1n) is 6.92. The standard InChI is InChI=1S/C14H15N3O2S/c1-8(18)16-5-4-10-11(6-16)20-13-12(10)14(19)17(7-15-13)9-2-3-9/h7,9H,2-6H2,1H3. The molecule has 2 aromatic heterocycles. The minimum absolute atomic E-state index is 0.0939. The predicted octanol–water partition coefficient (Wildman–Crippen LogP) is 1.70. The zero-order valence-electron chi connectivity index (χ0n) is 11.3. The van der Waals surface area contributed by atoms with Gasteiger partial charge in [-0.1, -0.05) is 0 Å². The Labute approximate surface area is 119 Å². The molecule has 0 unspecified atom stereocenters. The Kier molecular flexibility index (Phi) is 2.51. The van der Waals surface area contributed by atoms with Crippen molar-refractivity contribution in [2.45, 2.75) is 38.8 Å².